The third kappa shape index (κ3) is 4.75. The number of aromatic nitrogens is 3. The van der Waals surface area contributed by atoms with Gasteiger partial charge >= 0.3 is 0 Å². The molecule has 8 heteroatoms. The molecule has 2 aromatic heterocycles. The Morgan fingerprint density at radius 3 is 2.48 bits per heavy atom. The van der Waals surface area contributed by atoms with Gasteiger partial charge in [-0.3, -0.25) is 9.69 Å². The summed E-state index contributed by atoms with van der Waals surface area (Å²) >= 11 is 0. The molecular weight excluding hydrogens is 420 g/mol. The Bertz CT molecular complexity index is 1340. The first-order chi connectivity index (χ1) is 15.9. The van der Waals surface area contributed by atoms with Gasteiger partial charge in [0.1, 0.15) is 12.1 Å². The Morgan fingerprint density at radius 1 is 1.03 bits per heavy atom. The predicted molar refractivity (Wildman–Crippen MR) is 127 cm³/mol. The number of fused-ring (bicyclic) bond motifs is 1. The third-order valence-corrected chi connectivity index (χ3v) is 5.63. The Hall–Kier alpha value is -3.65. The van der Waals surface area contributed by atoms with Crippen molar-refractivity contribution >= 4 is 10.9 Å². The SMILES string of the molecule is CCN(Cc1coc(-c2ccc(C)cc2C)n1)Cc1nc2cc(OC)c(OC)cc2c(=O)[nH]1. The largest absolute Gasteiger partial charge is 0.493 e. The fourth-order valence-corrected chi connectivity index (χ4v) is 3.87. The molecule has 0 saturated heterocycles. The lowest BCUT2D eigenvalue weighted by Crippen LogP contribution is -2.25. The van der Waals surface area contributed by atoms with Gasteiger partial charge < -0.3 is 18.9 Å². The van der Waals surface area contributed by atoms with Crippen molar-refractivity contribution in [1.29, 1.82) is 0 Å². The Labute approximate surface area is 192 Å². The van der Waals surface area contributed by atoms with Gasteiger partial charge in [0.25, 0.3) is 5.56 Å². The van der Waals surface area contributed by atoms with Crippen LogP contribution in [-0.2, 0) is 13.1 Å². The first-order valence-electron chi connectivity index (χ1n) is 10.8. The predicted octanol–water partition coefficient (Wildman–Crippen LogP) is 4.23. The molecule has 0 atom stereocenters. The number of nitrogens with one attached hydrogen (secondary N) is 1. The summed E-state index contributed by atoms with van der Waals surface area (Å²) in [5.41, 5.74) is 4.47. The second kappa shape index (κ2) is 9.46. The van der Waals surface area contributed by atoms with Gasteiger partial charge in [0.05, 0.1) is 37.4 Å². The van der Waals surface area contributed by atoms with Crippen LogP contribution in [0.4, 0.5) is 0 Å². The topological polar surface area (TPSA) is 93.5 Å². The quantitative estimate of drug-likeness (QED) is 0.431. The summed E-state index contributed by atoms with van der Waals surface area (Å²) in [6.45, 7) is 7.95. The monoisotopic (exact) mass is 448 g/mol. The van der Waals surface area contributed by atoms with Gasteiger partial charge in [-0.15, -0.1) is 0 Å². The van der Waals surface area contributed by atoms with Gasteiger partial charge in [-0.2, -0.15) is 0 Å². The summed E-state index contributed by atoms with van der Waals surface area (Å²) in [6, 6.07) is 9.56. The molecule has 172 valence electrons. The fourth-order valence-electron chi connectivity index (χ4n) is 3.87. The van der Waals surface area contributed by atoms with Crippen molar-refractivity contribution in [3.05, 3.63) is 69.6 Å². The molecule has 0 saturated carbocycles. The normalized spacial score (nSPS) is 11.3. The number of aryl methyl sites for hydroxylation is 2. The van der Waals surface area contributed by atoms with E-state index in [1.54, 1.807) is 25.5 Å². The van der Waals surface area contributed by atoms with E-state index in [9.17, 15) is 4.79 Å². The van der Waals surface area contributed by atoms with Gasteiger partial charge in [-0.05, 0) is 38.1 Å². The van der Waals surface area contributed by atoms with Crippen LogP contribution in [0.3, 0.4) is 0 Å². The molecule has 2 heterocycles. The van der Waals surface area contributed by atoms with Crippen molar-refractivity contribution in [3.63, 3.8) is 0 Å². The average molecular weight is 449 g/mol. The zero-order valence-electron chi connectivity index (χ0n) is 19.6. The number of aromatic amines is 1. The molecule has 0 aliphatic rings. The molecule has 0 bridgehead atoms. The van der Waals surface area contributed by atoms with E-state index in [-0.39, 0.29) is 5.56 Å². The summed E-state index contributed by atoms with van der Waals surface area (Å²) in [6.07, 6.45) is 1.69. The molecule has 0 fully saturated rings. The minimum atomic E-state index is -0.217. The van der Waals surface area contributed by atoms with E-state index in [0.29, 0.717) is 47.2 Å². The van der Waals surface area contributed by atoms with Crippen molar-refractivity contribution in [3.8, 4) is 23.0 Å². The van der Waals surface area contributed by atoms with Crippen LogP contribution in [0.15, 0.2) is 45.8 Å². The van der Waals surface area contributed by atoms with Crippen LogP contribution in [0.1, 0.15) is 29.6 Å². The standard InChI is InChI=1S/C25H28N4O4/c1-6-29(12-17-14-33-25(26-17)18-8-7-15(2)9-16(18)3)13-23-27-20-11-22(32-5)21(31-4)10-19(20)24(30)28-23/h7-11,14H,6,12-13H2,1-5H3,(H,27,28,30). The molecule has 1 N–H and O–H groups in total. The van der Waals surface area contributed by atoms with Crippen LogP contribution in [0, 0.1) is 13.8 Å². The van der Waals surface area contributed by atoms with E-state index in [4.69, 9.17) is 13.9 Å². The highest BCUT2D eigenvalue weighted by Gasteiger charge is 2.15. The van der Waals surface area contributed by atoms with Gasteiger partial charge in [0.15, 0.2) is 11.5 Å². The minimum Gasteiger partial charge on any atom is -0.493 e. The molecule has 0 spiro atoms. The molecule has 4 aromatic rings. The maximum absolute atomic E-state index is 12.7. The van der Waals surface area contributed by atoms with Gasteiger partial charge in [-0.25, -0.2) is 9.97 Å². The van der Waals surface area contributed by atoms with E-state index in [0.717, 1.165) is 23.4 Å². The Morgan fingerprint density at radius 2 is 1.79 bits per heavy atom. The lowest BCUT2D eigenvalue weighted by Gasteiger charge is -2.18. The number of hydrogen-bond acceptors (Lipinski definition) is 7. The zero-order chi connectivity index (χ0) is 23.5. The lowest BCUT2D eigenvalue weighted by molar-refractivity contribution is 0.261. The number of H-pyrrole nitrogens is 1. The molecule has 33 heavy (non-hydrogen) atoms. The molecule has 0 amide bonds. The molecule has 0 unspecified atom stereocenters. The smallest absolute Gasteiger partial charge is 0.258 e. The molecule has 2 aromatic carbocycles. The second-order valence-electron chi connectivity index (χ2n) is 8.00. The highest BCUT2D eigenvalue weighted by atomic mass is 16.5. The van der Waals surface area contributed by atoms with Crippen LogP contribution in [-0.4, -0.2) is 40.6 Å². The molecule has 0 radical (unpaired) electrons. The Balaban J connectivity index is 1.56. The maximum Gasteiger partial charge on any atom is 0.258 e. The number of nitrogens with zero attached hydrogens (tertiary/aromatic N) is 3. The number of ether oxygens (including phenoxy) is 2. The van der Waals surface area contributed by atoms with Crippen LogP contribution in [0.25, 0.3) is 22.4 Å². The van der Waals surface area contributed by atoms with Crippen LogP contribution < -0.4 is 15.0 Å². The summed E-state index contributed by atoms with van der Waals surface area (Å²) in [7, 11) is 3.09. The van der Waals surface area contributed by atoms with Crippen LogP contribution in [0.5, 0.6) is 11.5 Å². The third-order valence-electron chi connectivity index (χ3n) is 5.63. The fraction of sp³-hybridized carbons (Fsp3) is 0.320. The van der Waals surface area contributed by atoms with Crippen LogP contribution >= 0.6 is 0 Å². The first kappa shape index (κ1) is 22.5. The van der Waals surface area contributed by atoms with Crippen molar-refractivity contribution < 1.29 is 13.9 Å². The van der Waals surface area contributed by atoms with Gasteiger partial charge in [0, 0.05) is 18.2 Å². The maximum atomic E-state index is 12.7. The van der Waals surface area contributed by atoms with Crippen molar-refractivity contribution in [2.24, 2.45) is 0 Å². The number of methoxy groups -OCH3 is 2. The Kier molecular flexibility index (Phi) is 6.46. The molecule has 8 nitrogen and oxygen atoms in total. The van der Waals surface area contributed by atoms with Crippen molar-refractivity contribution in [2.75, 3.05) is 20.8 Å². The summed E-state index contributed by atoms with van der Waals surface area (Å²) in [4.78, 5) is 27.0. The molecule has 0 aliphatic carbocycles. The van der Waals surface area contributed by atoms with Crippen molar-refractivity contribution in [1.82, 2.24) is 19.9 Å². The van der Waals surface area contributed by atoms with E-state index >= 15 is 0 Å². The second-order valence-corrected chi connectivity index (χ2v) is 8.00. The van der Waals surface area contributed by atoms with Crippen LogP contribution in [0.2, 0.25) is 0 Å². The molecule has 4 rings (SSSR count). The first-order valence-corrected chi connectivity index (χ1v) is 10.8. The highest BCUT2D eigenvalue weighted by molar-refractivity contribution is 5.81. The van der Waals surface area contributed by atoms with Gasteiger partial charge in [0.2, 0.25) is 5.89 Å². The summed E-state index contributed by atoms with van der Waals surface area (Å²) < 4.78 is 16.4. The zero-order valence-corrected chi connectivity index (χ0v) is 19.6. The lowest BCUT2D eigenvalue weighted by atomic mass is 10.1. The van der Waals surface area contributed by atoms with E-state index < -0.39 is 0 Å². The summed E-state index contributed by atoms with van der Waals surface area (Å²) in [5.74, 6) is 2.20. The van der Waals surface area contributed by atoms with Gasteiger partial charge in [-0.1, -0.05) is 24.6 Å². The molecule has 0 aliphatic heterocycles. The number of rotatable bonds is 8. The average Bonchev–Trinajstić information content (AvgIpc) is 3.25. The number of hydrogen-bond donors (Lipinski definition) is 1. The number of oxazole rings is 1. The van der Waals surface area contributed by atoms with Crippen molar-refractivity contribution in [2.45, 2.75) is 33.9 Å². The van der Waals surface area contributed by atoms with E-state index in [1.807, 2.05) is 6.07 Å². The van der Waals surface area contributed by atoms with E-state index in [2.05, 4.69) is 52.8 Å². The minimum absolute atomic E-state index is 0.217. The highest BCUT2D eigenvalue weighted by Crippen LogP contribution is 2.30. The molecular formula is C25H28N4O4. The number of benzene rings is 2. The van der Waals surface area contributed by atoms with E-state index in [1.165, 1.54) is 12.7 Å². The summed E-state index contributed by atoms with van der Waals surface area (Å²) in [5, 5.41) is 0.453.